The summed E-state index contributed by atoms with van der Waals surface area (Å²) in [4.78, 5) is 4.49. The fraction of sp³-hybridized carbons (Fsp3) is 0.583. The van der Waals surface area contributed by atoms with E-state index in [-0.39, 0.29) is 0 Å². The van der Waals surface area contributed by atoms with E-state index in [9.17, 15) is 0 Å². The summed E-state index contributed by atoms with van der Waals surface area (Å²) in [6, 6.07) is 0. The van der Waals surface area contributed by atoms with E-state index in [0.717, 1.165) is 13.0 Å². The summed E-state index contributed by atoms with van der Waals surface area (Å²) in [5.74, 6) is 0.573. The highest BCUT2D eigenvalue weighted by atomic mass is 14.7. The van der Waals surface area contributed by atoms with Crippen LogP contribution in [0.2, 0.25) is 0 Å². The Balaban J connectivity index is 3.85. The minimum absolute atomic E-state index is 0.573. The first kappa shape index (κ1) is 12.2. The molecule has 0 fully saturated rings. The monoisotopic (exact) mass is 179 g/mol. The molecule has 0 aliphatic rings. The topological polar surface area (TPSA) is 12.4 Å². The van der Waals surface area contributed by atoms with E-state index in [1.54, 1.807) is 0 Å². The standard InChI is InChI=1S/C12H21N/c1-6-7-11(4)8-9-13-12(5)10(2)3/h6-7,10H,1,8-9H2,2-5H3/b11-7+,13-12?. The van der Waals surface area contributed by atoms with Gasteiger partial charge in [-0.15, -0.1) is 0 Å². The molecule has 0 aromatic carbocycles. The zero-order chi connectivity index (χ0) is 10.3. The molecule has 1 heteroatoms. The van der Waals surface area contributed by atoms with Gasteiger partial charge in [-0.1, -0.05) is 38.2 Å². The van der Waals surface area contributed by atoms with E-state index in [0.29, 0.717) is 5.92 Å². The van der Waals surface area contributed by atoms with Crippen LogP contribution < -0.4 is 0 Å². The molecule has 0 rings (SSSR count). The van der Waals surface area contributed by atoms with Gasteiger partial charge in [-0.2, -0.15) is 0 Å². The molecule has 74 valence electrons. The van der Waals surface area contributed by atoms with Gasteiger partial charge < -0.3 is 0 Å². The minimum Gasteiger partial charge on any atom is -0.294 e. The Morgan fingerprint density at radius 2 is 2.00 bits per heavy atom. The van der Waals surface area contributed by atoms with Crippen molar-refractivity contribution in [2.24, 2.45) is 10.9 Å². The lowest BCUT2D eigenvalue weighted by molar-refractivity contribution is 0.851. The molecular weight excluding hydrogens is 158 g/mol. The molecule has 0 saturated carbocycles. The summed E-state index contributed by atoms with van der Waals surface area (Å²) in [7, 11) is 0. The van der Waals surface area contributed by atoms with Crippen LogP contribution in [0.1, 0.15) is 34.1 Å². The highest BCUT2D eigenvalue weighted by Crippen LogP contribution is 2.02. The second kappa shape index (κ2) is 6.64. The lowest BCUT2D eigenvalue weighted by atomic mass is 10.1. The molecule has 0 spiro atoms. The third-order valence-corrected chi connectivity index (χ3v) is 2.11. The maximum absolute atomic E-state index is 4.49. The molecule has 13 heavy (non-hydrogen) atoms. The van der Waals surface area contributed by atoms with Crippen molar-refractivity contribution in [2.45, 2.75) is 34.1 Å². The number of nitrogens with zero attached hydrogens (tertiary/aromatic N) is 1. The second-order valence-corrected chi connectivity index (χ2v) is 3.68. The van der Waals surface area contributed by atoms with Gasteiger partial charge in [-0.05, 0) is 26.2 Å². The quantitative estimate of drug-likeness (QED) is 0.451. The number of allylic oxidation sites excluding steroid dienone is 2. The predicted molar refractivity (Wildman–Crippen MR) is 61.4 cm³/mol. The Kier molecular flexibility index (Phi) is 6.21. The maximum Gasteiger partial charge on any atom is 0.0425 e. The summed E-state index contributed by atoms with van der Waals surface area (Å²) < 4.78 is 0. The molecule has 0 aliphatic heterocycles. The summed E-state index contributed by atoms with van der Waals surface area (Å²) in [6.45, 7) is 13.1. The van der Waals surface area contributed by atoms with Crippen LogP contribution in [0, 0.1) is 5.92 Å². The Hall–Kier alpha value is -0.850. The van der Waals surface area contributed by atoms with Crippen molar-refractivity contribution >= 4 is 5.71 Å². The third kappa shape index (κ3) is 6.32. The molecule has 0 N–H and O–H groups in total. The lowest BCUT2D eigenvalue weighted by Crippen LogP contribution is -2.02. The molecule has 0 atom stereocenters. The molecule has 1 nitrogen and oxygen atoms in total. The van der Waals surface area contributed by atoms with Gasteiger partial charge in [0.1, 0.15) is 0 Å². The largest absolute Gasteiger partial charge is 0.294 e. The van der Waals surface area contributed by atoms with Crippen molar-refractivity contribution in [3.63, 3.8) is 0 Å². The van der Waals surface area contributed by atoms with Crippen molar-refractivity contribution in [3.05, 3.63) is 24.3 Å². The van der Waals surface area contributed by atoms with Gasteiger partial charge in [0.05, 0.1) is 0 Å². The highest BCUT2D eigenvalue weighted by molar-refractivity contribution is 5.83. The van der Waals surface area contributed by atoms with Crippen molar-refractivity contribution in [1.82, 2.24) is 0 Å². The Labute approximate surface area is 82.3 Å². The van der Waals surface area contributed by atoms with Crippen LogP contribution in [0.4, 0.5) is 0 Å². The van der Waals surface area contributed by atoms with Crippen LogP contribution in [-0.2, 0) is 0 Å². The first-order chi connectivity index (χ1) is 6.07. The lowest BCUT2D eigenvalue weighted by Gasteiger charge is -2.03. The maximum atomic E-state index is 4.49. The fourth-order valence-corrected chi connectivity index (χ4v) is 0.876. The smallest absolute Gasteiger partial charge is 0.0425 e. The summed E-state index contributed by atoms with van der Waals surface area (Å²) in [5, 5.41) is 0. The summed E-state index contributed by atoms with van der Waals surface area (Å²) in [5.41, 5.74) is 2.58. The normalized spacial score (nSPS) is 13.6. The zero-order valence-electron chi connectivity index (χ0n) is 9.30. The summed E-state index contributed by atoms with van der Waals surface area (Å²) in [6.07, 6.45) is 4.91. The van der Waals surface area contributed by atoms with Gasteiger partial charge >= 0.3 is 0 Å². The predicted octanol–water partition coefficient (Wildman–Crippen LogP) is 3.63. The van der Waals surface area contributed by atoms with E-state index in [1.165, 1.54) is 11.3 Å². The highest BCUT2D eigenvalue weighted by Gasteiger charge is 1.96. The van der Waals surface area contributed by atoms with Crippen molar-refractivity contribution in [1.29, 1.82) is 0 Å². The molecule has 0 bridgehead atoms. The van der Waals surface area contributed by atoms with E-state index in [1.807, 2.05) is 12.2 Å². The van der Waals surface area contributed by atoms with Gasteiger partial charge in [0.25, 0.3) is 0 Å². The van der Waals surface area contributed by atoms with Crippen LogP contribution in [0.3, 0.4) is 0 Å². The minimum atomic E-state index is 0.573. The third-order valence-electron chi connectivity index (χ3n) is 2.11. The van der Waals surface area contributed by atoms with E-state index >= 15 is 0 Å². The Morgan fingerprint density at radius 3 is 2.46 bits per heavy atom. The number of rotatable bonds is 5. The van der Waals surface area contributed by atoms with Gasteiger partial charge in [0.2, 0.25) is 0 Å². The first-order valence-corrected chi connectivity index (χ1v) is 4.87. The van der Waals surface area contributed by atoms with Crippen LogP contribution in [0.5, 0.6) is 0 Å². The van der Waals surface area contributed by atoms with E-state index in [4.69, 9.17) is 0 Å². The van der Waals surface area contributed by atoms with Gasteiger partial charge in [-0.25, -0.2) is 0 Å². The molecule has 0 radical (unpaired) electrons. The van der Waals surface area contributed by atoms with Gasteiger partial charge in [0.15, 0.2) is 0 Å². The van der Waals surface area contributed by atoms with Crippen LogP contribution in [0.15, 0.2) is 29.3 Å². The molecule has 0 aliphatic carbocycles. The SMILES string of the molecule is C=C/C=C(\C)CCN=C(C)C(C)C. The molecule has 0 aromatic rings. The number of hydrogen-bond acceptors (Lipinski definition) is 1. The molecule has 0 aromatic heterocycles. The van der Waals surface area contributed by atoms with Crippen molar-refractivity contribution < 1.29 is 0 Å². The Bertz CT molecular complexity index is 209. The van der Waals surface area contributed by atoms with E-state index < -0.39 is 0 Å². The van der Waals surface area contributed by atoms with E-state index in [2.05, 4.69) is 39.3 Å². The molecule has 0 amide bonds. The fourth-order valence-electron chi connectivity index (χ4n) is 0.876. The molecule has 0 heterocycles. The van der Waals surface area contributed by atoms with Crippen molar-refractivity contribution in [3.8, 4) is 0 Å². The average Bonchev–Trinajstić information content (AvgIpc) is 2.04. The zero-order valence-corrected chi connectivity index (χ0v) is 9.30. The number of hydrogen-bond donors (Lipinski definition) is 0. The average molecular weight is 179 g/mol. The molecule has 0 unspecified atom stereocenters. The van der Waals surface area contributed by atoms with Gasteiger partial charge in [0, 0.05) is 12.3 Å². The van der Waals surface area contributed by atoms with Crippen LogP contribution in [0.25, 0.3) is 0 Å². The summed E-state index contributed by atoms with van der Waals surface area (Å²) >= 11 is 0. The van der Waals surface area contributed by atoms with Crippen LogP contribution >= 0.6 is 0 Å². The molecular formula is C12H21N. The Morgan fingerprint density at radius 1 is 1.38 bits per heavy atom. The van der Waals surface area contributed by atoms with Crippen molar-refractivity contribution in [2.75, 3.05) is 6.54 Å². The van der Waals surface area contributed by atoms with Crippen LogP contribution in [-0.4, -0.2) is 12.3 Å². The van der Waals surface area contributed by atoms with Gasteiger partial charge in [-0.3, -0.25) is 4.99 Å². The molecule has 0 saturated heterocycles. The number of aliphatic imine (C=N–C) groups is 1. The second-order valence-electron chi connectivity index (χ2n) is 3.68. The first-order valence-electron chi connectivity index (χ1n) is 4.87.